The monoisotopic (exact) mass is 368 g/mol. The van der Waals surface area contributed by atoms with Crippen LogP contribution in [-0.4, -0.2) is 16.5 Å². The minimum atomic E-state index is -4.78. The lowest BCUT2D eigenvalue weighted by atomic mass is 10.2. The van der Waals surface area contributed by atoms with Crippen molar-refractivity contribution < 1.29 is 22.8 Å². The van der Waals surface area contributed by atoms with Gasteiger partial charge in [-0.25, -0.2) is 4.79 Å². The van der Waals surface area contributed by atoms with Crippen molar-refractivity contribution in [2.75, 3.05) is 5.32 Å². The summed E-state index contributed by atoms with van der Waals surface area (Å²) >= 11 is 0. The first-order valence-electron chi connectivity index (χ1n) is 7.35. The molecule has 26 heavy (non-hydrogen) atoms. The Bertz CT molecular complexity index is 860. The van der Waals surface area contributed by atoms with Crippen LogP contribution in [0.25, 0.3) is 0 Å². The summed E-state index contributed by atoms with van der Waals surface area (Å²) in [5.41, 5.74) is 3.53. The number of primary amides is 1. The molecule has 0 unspecified atom stereocenters. The zero-order valence-corrected chi connectivity index (χ0v) is 13.3. The number of amides is 3. The van der Waals surface area contributed by atoms with Gasteiger partial charge in [-0.15, -0.1) is 0 Å². The molecule has 1 aromatic heterocycles. The fourth-order valence-electron chi connectivity index (χ4n) is 2.14. The Balaban J connectivity index is 1.97. The van der Waals surface area contributed by atoms with Crippen molar-refractivity contribution in [1.29, 1.82) is 0 Å². The van der Waals surface area contributed by atoms with Crippen LogP contribution in [0.2, 0.25) is 0 Å². The van der Waals surface area contributed by atoms with Crippen molar-refractivity contribution in [2.45, 2.75) is 19.3 Å². The number of urea groups is 1. The van der Waals surface area contributed by atoms with Crippen LogP contribution in [0.15, 0.2) is 47.4 Å². The van der Waals surface area contributed by atoms with Crippen molar-refractivity contribution in [3.05, 3.63) is 64.1 Å². The van der Waals surface area contributed by atoms with Gasteiger partial charge in [-0.3, -0.25) is 9.59 Å². The largest absolute Gasteiger partial charge is 0.421 e. The minimum Gasteiger partial charge on any atom is -0.351 e. The summed E-state index contributed by atoms with van der Waals surface area (Å²) in [5, 5.41) is 4.88. The number of aromatic nitrogens is 1. The molecule has 0 aliphatic carbocycles. The lowest BCUT2D eigenvalue weighted by Crippen LogP contribution is -2.34. The highest BCUT2D eigenvalue weighted by molar-refractivity contribution is 5.87. The maximum Gasteiger partial charge on any atom is 0.421 e. The van der Waals surface area contributed by atoms with Crippen LogP contribution in [0, 0.1) is 0 Å². The van der Waals surface area contributed by atoms with Gasteiger partial charge >= 0.3 is 12.2 Å². The molecule has 0 saturated carbocycles. The van der Waals surface area contributed by atoms with Crippen molar-refractivity contribution in [3.8, 4) is 0 Å². The molecule has 0 atom stereocenters. The standard InChI is InChI=1S/C16H15F3N4O3/c17-16(18,19)12-2-1-7-23(14(12)25)9-13(24)21-8-10-3-5-11(6-4-10)22-15(20)26/h1-7H,8-9H2,(H,21,24)(H3,20,22,26). The molecular weight excluding hydrogens is 353 g/mol. The number of carbonyl (C=O) groups excluding carboxylic acids is 2. The highest BCUT2D eigenvalue weighted by atomic mass is 19.4. The van der Waals surface area contributed by atoms with Gasteiger partial charge in [0.25, 0.3) is 5.56 Å². The van der Waals surface area contributed by atoms with Gasteiger partial charge in [0.1, 0.15) is 12.1 Å². The first-order valence-corrected chi connectivity index (χ1v) is 7.35. The predicted molar refractivity (Wildman–Crippen MR) is 87.2 cm³/mol. The number of benzene rings is 1. The maximum absolute atomic E-state index is 12.7. The second kappa shape index (κ2) is 7.72. The van der Waals surface area contributed by atoms with E-state index in [2.05, 4.69) is 10.6 Å². The topological polar surface area (TPSA) is 106 Å². The molecule has 1 heterocycles. The molecule has 0 fully saturated rings. The van der Waals surface area contributed by atoms with Gasteiger partial charge in [0, 0.05) is 18.4 Å². The Hall–Kier alpha value is -3.30. The summed E-state index contributed by atoms with van der Waals surface area (Å²) in [6, 6.07) is 7.41. The highest BCUT2D eigenvalue weighted by Crippen LogP contribution is 2.25. The highest BCUT2D eigenvalue weighted by Gasteiger charge is 2.34. The van der Waals surface area contributed by atoms with Crippen molar-refractivity contribution in [2.24, 2.45) is 5.73 Å². The SMILES string of the molecule is NC(=O)Nc1ccc(CNC(=O)Cn2cccc(C(F)(F)F)c2=O)cc1. The van der Waals surface area contributed by atoms with Crippen molar-refractivity contribution >= 4 is 17.6 Å². The van der Waals surface area contributed by atoms with Crippen molar-refractivity contribution in [1.82, 2.24) is 9.88 Å². The van der Waals surface area contributed by atoms with Crippen LogP contribution in [0.4, 0.5) is 23.7 Å². The Morgan fingerprint density at radius 1 is 1.12 bits per heavy atom. The summed E-state index contributed by atoms with van der Waals surface area (Å²) in [4.78, 5) is 34.4. The molecule has 2 rings (SSSR count). The molecule has 0 saturated heterocycles. The first kappa shape index (κ1) is 19.0. The third-order valence-corrected chi connectivity index (χ3v) is 3.35. The van der Waals surface area contributed by atoms with Crippen LogP contribution in [0.1, 0.15) is 11.1 Å². The van der Waals surface area contributed by atoms with E-state index in [1.165, 1.54) is 0 Å². The zero-order valence-electron chi connectivity index (χ0n) is 13.3. The number of nitrogens with zero attached hydrogens (tertiary/aromatic N) is 1. The Labute approximate surface area is 145 Å². The normalized spacial score (nSPS) is 11.0. The fraction of sp³-hybridized carbons (Fsp3) is 0.188. The zero-order chi connectivity index (χ0) is 19.3. The van der Waals surface area contributed by atoms with E-state index in [0.717, 1.165) is 12.3 Å². The van der Waals surface area contributed by atoms with E-state index in [0.29, 0.717) is 21.9 Å². The molecule has 138 valence electrons. The number of hydrogen-bond acceptors (Lipinski definition) is 3. The van der Waals surface area contributed by atoms with Crippen LogP contribution in [0.3, 0.4) is 0 Å². The Morgan fingerprint density at radius 2 is 1.77 bits per heavy atom. The third-order valence-electron chi connectivity index (χ3n) is 3.35. The van der Waals surface area contributed by atoms with Gasteiger partial charge in [0.2, 0.25) is 5.91 Å². The molecule has 4 N–H and O–H groups in total. The summed E-state index contributed by atoms with van der Waals surface area (Å²) < 4.78 is 38.8. The van der Waals surface area contributed by atoms with E-state index in [4.69, 9.17) is 5.73 Å². The molecule has 0 bridgehead atoms. The molecular formula is C16H15F3N4O3. The summed E-state index contributed by atoms with van der Waals surface area (Å²) in [5.74, 6) is -0.620. The number of nitrogens with two attached hydrogens (primary N) is 1. The Kier molecular flexibility index (Phi) is 5.65. The van der Waals surface area contributed by atoms with Crippen LogP contribution < -0.4 is 21.9 Å². The minimum absolute atomic E-state index is 0.101. The van der Waals surface area contributed by atoms with Gasteiger partial charge in [-0.1, -0.05) is 12.1 Å². The van der Waals surface area contributed by atoms with E-state index in [9.17, 15) is 27.6 Å². The number of rotatable bonds is 5. The van der Waals surface area contributed by atoms with Gasteiger partial charge in [0.15, 0.2) is 0 Å². The number of halogens is 3. The molecule has 2 aromatic rings. The number of alkyl halides is 3. The molecule has 10 heteroatoms. The predicted octanol–water partition coefficient (Wildman–Crippen LogP) is 1.67. The number of nitrogens with one attached hydrogen (secondary N) is 2. The number of pyridine rings is 1. The molecule has 1 aromatic carbocycles. The quantitative estimate of drug-likeness (QED) is 0.747. The smallest absolute Gasteiger partial charge is 0.351 e. The molecule has 0 aliphatic heterocycles. The summed E-state index contributed by atoms with van der Waals surface area (Å²) in [6.45, 7) is -0.437. The molecule has 0 spiro atoms. The van der Waals surface area contributed by atoms with Gasteiger partial charge < -0.3 is 20.9 Å². The van der Waals surface area contributed by atoms with E-state index in [1.807, 2.05) is 0 Å². The van der Waals surface area contributed by atoms with Crippen LogP contribution >= 0.6 is 0 Å². The fourth-order valence-corrected chi connectivity index (χ4v) is 2.14. The van der Waals surface area contributed by atoms with E-state index < -0.39 is 35.8 Å². The average molecular weight is 368 g/mol. The van der Waals surface area contributed by atoms with E-state index in [1.54, 1.807) is 24.3 Å². The molecule has 0 aliphatic rings. The number of anilines is 1. The second-order valence-corrected chi connectivity index (χ2v) is 5.32. The third kappa shape index (κ3) is 5.10. The number of carbonyl (C=O) groups is 2. The van der Waals surface area contributed by atoms with Crippen LogP contribution in [0.5, 0.6) is 0 Å². The maximum atomic E-state index is 12.7. The lowest BCUT2D eigenvalue weighted by molar-refractivity contribution is -0.139. The first-order chi connectivity index (χ1) is 12.2. The Morgan fingerprint density at radius 3 is 2.35 bits per heavy atom. The van der Waals surface area contributed by atoms with Crippen molar-refractivity contribution in [3.63, 3.8) is 0 Å². The van der Waals surface area contributed by atoms with Gasteiger partial charge in [-0.05, 0) is 29.8 Å². The second-order valence-electron chi connectivity index (χ2n) is 5.32. The van der Waals surface area contributed by atoms with Crippen LogP contribution in [-0.2, 0) is 24.1 Å². The molecule has 7 nitrogen and oxygen atoms in total. The van der Waals surface area contributed by atoms with E-state index in [-0.39, 0.29) is 6.54 Å². The lowest BCUT2D eigenvalue weighted by Gasteiger charge is -2.11. The number of hydrogen-bond donors (Lipinski definition) is 3. The average Bonchev–Trinajstić information content (AvgIpc) is 2.54. The molecule has 0 radical (unpaired) electrons. The summed E-state index contributed by atoms with van der Waals surface area (Å²) in [6.07, 6.45) is -3.67. The van der Waals surface area contributed by atoms with E-state index >= 15 is 0 Å². The molecule has 3 amide bonds. The van der Waals surface area contributed by atoms with Gasteiger partial charge in [0.05, 0.1) is 0 Å². The summed E-state index contributed by atoms with van der Waals surface area (Å²) in [7, 11) is 0. The van der Waals surface area contributed by atoms with Gasteiger partial charge in [-0.2, -0.15) is 13.2 Å².